The van der Waals surface area contributed by atoms with Crippen LogP contribution >= 0.6 is 35.4 Å². The van der Waals surface area contributed by atoms with Gasteiger partial charge in [0.1, 0.15) is 0 Å². The van der Waals surface area contributed by atoms with Crippen LogP contribution in [-0.2, 0) is 9.59 Å². The second-order valence-electron chi connectivity index (χ2n) is 3.77. The lowest BCUT2D eigenvalue weighted by molar-refractivity contribution is -0.123. The minimum Gasteiger partial charge on any atom is -0.375 e. The summed E-state index contributed by atoms with van der Waals surface area (Å²) in [5.74, 6) is -1.06. The Kier molecular flexibility index (Phi) is 6.00. The molecule has 0 radical (unpaired) electrons. The van der Waals surface area contributed by atoms with Gasteiger partial charge >= 0.3 is 0 Å². The number of halogens is 2. The SMILES string of the molecule is NC(=O)CCC(=O)N(NC(N)=S)c1cc(Cl)ccc1Cl. The molecule has 9 heteroatoms. The van der Waals surface area contributed by atoms with Crippen LogP contribution in [0.25, 0.3) is 0 Å². The van der Waals surface area contributed by atoms with Crippen molar-refractivity contribution in [3.8, 4) is 0 Å². The van der Waals surface area contributed by atoms with E-state index in [1.165, 1.54) is 12.1 Å². The van der Waals surface area contributed by atoms with E-state index in [0.29, 0.717) is 5.02 Å². The largest absolute Gasteiger partial charge is 0.375 e. The lowest BCUT2D eigenvalue weighted by Gasteiger charge is -2.24. The number of rotatable bonds is 4. The molecule has 0 bridgehead atoms. The number of carbonyl (C=O) groups is 2. The molecular formula is C11H12Cl2N4O2S. The molecule has 0 fully saturated rings. The summed E-state index contributed by atoms with van der Waals surface area (Å²) < 4.78 is 0. The Bertz CT molecular complexity index is 553. The second kappa shape index (κ2) is 7.28. The Morgan fingerprint density at radius 3 is 2.45 bits per heavy atom. The van der Waals surface area contributed by atoms with Gasteiger partial charge in [-0.1, -0.05) is 23.2 Å². The van der Waals surface area contributed by atoms with Crippen LogP contribution in [0.2, 0.25) is 10.0 Å². The maximum absolute atomic E-state index is 12.1. The van der Waals surface area contributed by atoms with E-state index in [1.54, 1.807) is 6.07 Å². The van der Waals surface area contributed by atoms with Gasteiger partial charge in [0, 0.05) is 17.9 Å². The Labute approximate surface area is 131 Å². The quantitative estimate of drug-likeness (QED) is 0.569. The van der Waals surface area contributed by atoms with Crippen LogP contribution < -0.4 is 21.9 Å². The highest BCUT2D eigenvalue weighted by molar-refractivity contribution is 7.80. The molecule has 1 aromatic rings. The fourth-order valence-corrected chi connectivity index (χ4v) is 1.83. The van der Waals surface area contributed by atoms with Crippen LogP contribution in [0.1, 0.15) is 12.8 Å². The number of nitrogens with one attached hydrogen (secondary N) is 1. The first kappa shape index (κ1) is 16.5. The molecule has 2 amide bonds. The highest BCUT2D eigenvalue weighted by Gasteiger charge is 2.20. The number of primary amides is 1. The topological polar surface area (TPSA) is 101 Å². The number of hydrazine groups is 1. The molecule has 0 atom stereocenters. The van der Waals surface area contributed by atoms with E-state index in [0.717, 1.165) is 5.01 Å². The lowest BCUT2D eigenvalue weighted by atomic mass is 10.2. The summed E-state index contributed by atoms with van der Waals surface area (Å²) in [4.78, 5) is 22.8. The van der Waals surface area contributed by atoms with Crippen LogP contribution in [0.15, 0.2) is 18.2 Å². The number of hydrogen-bond donors (Lipinski definition) is 3. The predicted molar refractivity (Wildman–Crippen MR) is 82.3 cm³/mol. The van der Waals surface area contributed by atoms with Crippen molar-refractivity contribution in [3.63, 3.8) is 0 Å². The summed E-state index contributed by atoms with van der Waals surface area (Å²) in [5.41, 5.74) is 13.1. The summed E-state index contributed by atoms with van der Waals surface area (Å²) in [5, 5.41) is 1.56. The van der Waals surface area contributed by atoms with E-state index in [9.17, 15) is 9.59 Å². The Hall–Kier alpha value is -1.57. The molecule has 0 aromatic heterocycles. The van der Waals surface area contributed by atoms with Crippen molar-refractivity contribution >= 4 is 58.0 Å². The minimum atomic E-state index is -0.592. The average molecular weight is 335 g/mol. The van der Waals surface area contributed by atoms with Gasteiger partial charge in [0.05, 0.1) is 10.7 Å². The van der Waals surface area contributed by atoms with Gasteiger partial charge in [-0.15, -0.1) is 0 Å². The Morgan fingerprint density at radius 1 is 1.25 bits per heavy atom. The lowest BCUT2D eigenvalue weighted by Crippen LogP contribution is -2.49. The molecular weight excluding hydrogens is 323 g/mol. The van der Waals surface area contributed by atoms with Crippen molar-refractivity contribution in [2.75, 3.05) is 5.01 Å². The molecule has 0 unspecified atom stereocenters. The first-order chi connectivity index (χ1) is 9.31. The van der Waals surface area contributed by atoms with E-state index < -0.39 is 11.8 Å². The van der Waals surface area contributed by atoms with E-state index in [4.69, 9.17) is 46.9 Å². The van der Waals surface area contributed by atoms with Crippen LogP contribution in [0.5, 0.6) is 0 Å². The van der Waals surface area contributed by atoms with Gasteiger partial charge in [0.2, 0.25) is 11.8 Å². The Balaban J connectivity index is 3.05. The van der Waals surface area contributed by atoms with E-state index >= 15 is 0 Å². The molecule has 20 heavy (non-hydrogen) atoms. The van der Waals surface area contributed by atoms with Gasteiger partial charge in [0.15, 0.2) is 5.11 Å². The molecule has 6 nitrogen and oxygen atoms in total. The minimum absolute atomic E-state index is 0.105. The number of thiocarbonyl (C=S) groups is 1. The predicted octanol–water partition coefficient (Wildman–Crippen LogP) is 1.34. The summed E-state index contributed by atoms with van der Waals surface area (Å²) in [6.45, 7) is 0. The summed E-state index contributed by atoms with van der Waals surface area (Å²) >= 11 is 16.6. The van der Waals surface area contributed by atoms with E-state index in [-0.39, 0.29) is 28.7 Å². The Morgan fingerprint density at radius 2 is 1.90 bits per heavy atom. The van der Waals surface area contributed by atoms with Gasteiger partial charge in [0.25, 0.3) is 0 Å². The van der Waals surface area contributed by atoms with Crippen molar-refractivity contribution in [1.82, 2.24) is 5.43 Å². The van der Waals surface area contributed by atoms with Crippen molar-refractivity contribution in [2.45, 2.75) is 12.8 Å². The smallest absolute Gasteiger partial charge is 0.246 e. The van der Waals surface area contributed by atoms with Gasteiger partial charge in [-0.3, -0.25) is 15.0 Å². The number of benzene rings is 1. The third-order valence-electron chi connectivity index (χ3n) is 2.21. The van der Waals surface area contributed by atoms with Crippen molar-refractivity contribution in [1.29, 1.82) is 0 Å². The summed E-state index contributed by atoms with van der Waals surface area (Å²) in [7, 11) is 0. The first-order valence-corrected chi connectivity index (χ1v) is 6.60. The molecule has 0 spiro atoms. The molecule has 108 valence electrons. The number of carbonyl (C=O) groups excluding carboxylic acids is 2. The van der Waals surface area contributed by atoms with Crippen LogP contribution in [0.4, 0.5) is 5.69 Å². The number of anilines is 1. The van der Waals surface area contributed by atoms with E-state index in [1.807, 2.05) is 0 Å². The fraction of sp³-hybridized carbons (Fsp3) is 0.182. The second-order valence-corrected chi connectivity index (χ2v) is 5.05. The van der Waals surface area contributed by atoms with Crippen molar-refractivity contribution in [3.05, 3.63) is 28.2 Å². The fourth-order valence-electron chi connectivity index (χ4n) is 1.37. The number of nitrogens with zero attached hydrogens (tertiary/aromatic N) is 1. The molecule has 1 rings (SSSR count). The molecule has 0 aliphatic rings. The molecule has 1 aromatic carbocycles. The van der Waals surface area contributed by atoms with Gasteiger partial charge in [-0.25, -0.2) is 5.01 Å². The summed E-state index contributed by atoms with van der Waals surface area (Å²) in [6.07, 6.45) is -0.222. The van der Waals surface area contributed by atoms with Crippen LogP contribution in [0.3, 0.4) is 0 Å². The van der Waals surface area contributed by atoms with Crippen molar-refractivity contribution in [2.24, 2.45) is 11.5 Å². The third-order valence-corrected chi connectivity index (χ3v) is 2.85. The maximum Gasteiger partial charge on any atom is 0.246 e. The molecule has 0 heterocycles. The zero-order chi connectivity index (χ0) is 15.3. The number of amides is 2. The zero-order valence-electron chi connectivity index (χ0n) is 10.2. The molecule has 0 saturated heterocycles. The first-order valence-electron chi connectivity index (χ1n) is 5.43. The monoisotopic (exact) mass is 334 g/mol. The van der Waals surface area contributed by atoms with E-state index in [2.05, 4.69) is 5.43 Å². The van der Waals surface area contributed by atoms with Gasteiger partial charge in [-0.2, -0.15) is 0 Å². The van der Waals surface area contributed by atoms with Crippen LogP contribution in [-0.4, -0.2) is 16.9 Å². The van der Waals surface area contributed by atoms with Crippen molar-refractivity contribution < 1.29 is 9.59 Å². The molecule has 0 saturated carbocycles. The highest BCUT2D eigenvalue weighted by atomic mass is 35.5. The standard InChI is InChI=1S/C11H12Cl2N4O2S/c12-6-1-2-7(13)8(5-6)17(16-11(15)20)10(19)4-3-9(14)18/h1-2,5H,3-4H2,(H2,14,18)(H3,15,16,20). The maximum atomic E-state index is 12.1. The number of nitrogens with two attached hydrogens (primary N) is 2. The molecule has 5 N–H and O–H groups in total. The average Bonchev–Trinajstić information content (AvgIpc) is 2.36. The molecule has 0 aliphatic heterocycles. The van der Waals surface area contributed by atoms with Gasteiger partial charge in [-0.05, 0) is 30.4 Å². The van der Waals surface area contributed by atoms with Crippen LogP contribution in [0, 0.1) is 0 Å². The zero-order valence-corrected chi connectivity index (χ0v) is 12.6. The third kappa shape index (κ3) is 4.84. The normalized spacial score (nSPS) is 9.90. The number of hydrogen-bond acceptors (Lipinski definition) is 3. The highest BCUT2D eigenvalue weighted by Crippen LogP contribution is 2.28. The molecule has 0 aliphatic carbocycles. The summed E-state index contributed by atoms with van der Waals surface area (Å²) in [6, 6.07) is 4.56. The van der Waals surface area contributed by atoms with Gasteiger partial charge < -0.3 is 11.5 Å².